The molecule has 11 heteroatoms. The third-order valence-corrected chi connectivity index (χ3v) is 5.28. The molecule has 0 aromatic heterocycles. The third kappa shape index (κ3) is 2.98. The van der Waals surface area contributed by atoms with Crippen LogP contribution < -0.4 is 5.32 Å². The molecule has 0 aromatic carbocycles. The molecule has 1 saturated heterocycles. The quantitative estimate of drug-likeness (QED) is 0.140. The Morgan fingerprint density at radius 1 is 1.48 bits per heavy atom. The van der Waals surface area contributed by atoms with Crippen molar-refractivity contribution in [2.75, 3.05) is 11.1 Å². The number of alkyl halides is 1. The summed E-state index contributed by atoms with van der Waals surface area (Å²) >= 11 is 4.15. The molecule has 1 fully saturated rings. The summed E-state index contributed by atoms with van der Waals surface area (Å²) in [5, 5.41) is 22.1. The standard InChI is InChI=1S/C12H12BrN3O6S/c1-4-3-23-11-7(10(19)16(11)8(4)12(20)21)14-9(18)6(15-22)5(17)2-13/h7,11,22H,2-3H2,1H3,(H,14,18)(H,20,21)/t7?,11-/m0/s1. The van der Waals surface area contributed by atoms with E-state index in [1.54, 1.807) is 6.92 Å². The number of carbonyl (C=O) groups is 4. The number of oxime groups is 1. The van der Waals surface area contributed by atoms with E-state index < -0.39 is 40.7 Å². The van der Waals surface area contributed by atoms with E-state index in [0.29, 0.717) is 11.3 Å². The number of carbonyl (C=O) groups excluding carboxylic acids is 3. The lowest BCUT2D eigenvalue weighted by molar-refractivity contribution is -0.150. The predicted molar refractivity (Wildman–Crippen MR) is 83.4 cm³/mol. The highest BCUT2D eigenvalue weighted by Crippen LogP contribution is 2.40. The van der Waals surface area contributed by atoms with E-state index in [1.165, 1.54) is 11.8 Å². The van der Waals surface area contributed by atoms with Crippen molar-refractivity contribution in [1.82, 2.24) is 10.2 Å². The van der Waals surface area contributed by atoms with Crippen LogP contribution in [0.15, 0.2) is 16.4 Å². The number of ketones is 1. The molecule has 1 unspecified atom stereocenters. The van der Waals surface area contributed by atoms with Crippen molar-refractivity contribution in [3.63, 3.8) is 0 Å². The lowest BCUT2D eigenvalue weighted by Crippen LogP contribution is -2.71. The number of fused-ring (bicyclic) bond motifs is 1. The largest absolute Gasteiger partial charge is 0.477 e. The lowest BCUT2D eigenvalue weighted by Gasteiger charge is -2.49. The van der Waals surface area contributed by atoms with Gasteiger partial charge >= 0.3 is 5.97 Å². The number of carboxylic acid groups (broad SMARTS) is 1. The minimum atomic E-state index is -1.21. The van der Waals surface area contributed by atoms with Crippen molar-refractivity contribution in [1.29, 1.82) is 0 Å². The molecule has 0 radical (unpaired) electrons. The zero-order valence-corrected chi connectivity index (χ0v) is 14.2. The third-order valence-electron chi connectivity index (χ3n) is 3.35. The highest BCUT2D eigenvalue weighted by molar-refractivity contribution is 9.09. The van der Waals surface area contributed by atoms with Crippen LogP contribution in [0.3, 0.4) is 0 Å². The molecule has 3 N–H and O–H groups in total. The first-order chi connectivity index (χ1) is 10.8. The van der Waals surface area contributed by atoms with E-state index in [0.717, 1.165) is 4.90 Å². The summed E-state index contributed by atoms with van der Waals surface area (Å²) in [4.78, 5) is 47.9. The first kappa shape index (κ1) is 17.5. The van der Waals surface area contributed by atoms with Gasteiger partial charge in [0.25, 0.3) is 11.8 Å². The number of amides is 2. The molecule has 0 aromatic rings. The van der Waals surface area contributed by atoms with Crippen LogP contribution in [0, 0.1) is 0 Å². The number of rotatable bonds is 5. The van der Waals surface area contributed by atoms with Gasteiger partial charge in [-0.05, 0) is 12.5 Å². The average molecular weight is 406 g/mol. The summed E-state index contributed by atoms with van der Waals surface area (Å²) < 4.78 is 0. The van der Waals surface area contributed by atoms with Gasteiger partial charge in [0.15, 0.2) is 0 Å². The van der Waals surface area contributed by atoms with Gasteiger partial charge in [0, 0.05) is 5.75 Å². The maximum atomic E-state index is 12.1. The minimum absolute atomic E-state index is 0.0863. The van der Waals surface area contributed by atoms with Crippen LogP contribution in [0.1, 0.15) is 6.92 Å². The van der Waals surface area contributed by atoms with E-state index in [1.807, 2.05) is 0 Å². The second-order valence-electron chi connectivity index (χ2n) is 4.80. The Morgan fingerprint density at radius 2 is 2.13 bits per heavy atom. The Bertz CT molecular complexity index is 661. The molecule has 124 valence electrons. The van der Waals surface area contributed by atoms with Crippen molar-refractivity contribution in [3.8, 4) is 0 Å². The molecular weight excluding hydrogens is 394 g/mol. The number of hydrogen-bond acceptors (Lipinski definition) is 7. The second-order valence-corrected chi connectivity index (χ2v) is 6.47. The fourth-order valence-corrected chi connectivity index (χ4v) is 3.83. The van der Waals surface area contributed by atoms with Crippen LogP contribution in [0.5, 0.6) is 0 Å². The normalized spacial score (nSPS) is 24.0. The van der Waals surface area contributed by atoms with Crippen LogP contribution >= 0.6 is 27.7 Å². The summed E-state index contributed by atoms with van der Waals surface area (Å²) in [5.74, 6) is -3.12. The van der Waals surface area contributed by atoms with Gasteiger partial charge in [0.05, 0.1) is 5.33 Å². The van der Waals surface area contributed by atoms with Crippen LogP contribution in [0.2, 0.25) is 0 Å². The summed E-state index contributed by atoms with van der Waals surface area (Å²) in [7, 11) is 0. The fourth-order valence-electron chi connectivity index (χ4n) is 2.28. The monoisotopic (exact) mass is 405 g/mol. The molecule has 2 heterocycles. The molecule has 23 heavy (non-hydrogen) atoms. The Balaban J connectivity index is 2.14. The molecule has 2 rings (SSSR count). The number of thioether (sulfide) groups is 1. The van der Waals surface area contributed by atoms with Gasteiger partial charge in [-0.15, -0.1) is 11.8 Å². The van der Waals surface area contributed by atoms with Crippen LogP contribution in [-0.4, -0.2) is 67.0 Å². The number of halogens is 1. The predicted octanol–water partition coefficient (Wildman–Crippen LogP) is -0.461. The Labute approximate surface area is 142 Å². The van der Waals surface area contributed by atoms with E-state index in [4.69, 9.17) is 5.21 Å². The second kappa shape index (κ2) is 6.71. The Morgan fingerprint density at radius 3 is 2.65 bits per heavy atom. The SMILES string of the molecule is CC1=C(C(=O)O)N2C(=O)C(NC(=O)C(=NO)C(=O)CBr)[C@@H]2SC1. The molecule has 2 aliphatic heterocycles. The lowest BCUT2D eigenvalue weighted by atomic mass is 10.0. The molecule has 0 spiro atoms. The van der Waals surface area contributed by atoms with E-state index >= 15 is 0 Å². The zero-order chi connectivity index (χ0) is 17.3. The van der Waals surface area contributed by atoms with Crippen molar-refractivity contribution in [3.05, 3.63) is 11.3 Å². The van der Waals surface area contributed by atoms with Gasteiger partial charge in [-0.3, -0.25) is 19.3 Å². The molecule has 2 atom stereocenters. The number of nitrogens with zero attached hydrogens (tertiary/aromatic N) is 2. The number of β-lactam (4-membered cyclic amide) rings is 1. The molecule has 0 saturated carbocycles. The number of nitrogens with one attached hydrogen (secondary N) is 1. The maximum Gasteiger partial charge on any atom is 0.352 e. The highest BCUT2D eigenvalue weighted by atomic mass is 79.9. The molecule has 0 bridgehead atoms. The van der Waals surface area contributed by atoms with Crippen molar-refractivity contribution in [2.45, 2.75) is 18.3 Å². The highest BCUT2D eigenvalue weighted by Gasteiger charge is 2.54. The number of Topliss-reactive ketones (excluding diaryl/α,β-unsaturated/α-hetero) is 1. The summed E-state index contributed by atoms with van der Waals surface area (Å²) in [6.07, 6.45) is 0. The number of carboxylic acids is 1. The van der Waals surface area contributed by atoms with Gasteiger partial charge in [-0.1, -0.05) is 21.1 Å². The molecule has 2 amide bonds. The smallest absolute Gasteiger partial charge is 0.352 e. The van der Waals surface area contributed by atoms with Crippen LogP contribution in [0.4, 0.5) is 0 Å². The van der Waals surface area contributed by atoms with Crippen LogP contribution in [-0.2, 0) is 19.2 Å². The molecule has 9 nitrogen and oxygen atoms in total. The van der Waals surface area contributed by atoms with Gasteiger partial charge in [0.1, 0.15) is 17.1 Å². The molecule has 0 aliphatic carbocycles. The topological polar surface area (TPSA) is 136 Å². The minimum Gasteiger partial charge on any atom is -0.477 e. The van der Waals surface area contributed by atoms with Gasteiger partial charge < -0.3 is 15.6 Å². The summed E-state index contributed by atoms with van der Waals surface area (Å²) in [6, 6.07) is -0.977. The maximum absolute atomic E-state index is 12.1. The van der Waals surface area contributed by atoms with E-state index in [9.17, 15) is 24.3 Å². The van der Waals surface area contributed by atoms with Crippen molar-refractivity contribution >= 4 is 57.0 Å². The summed E-state index contributed by atoms with van der Waals surface area (Å²) in [5.41, 5.74) is -0.250. The van der Waals surface area contributed by atoms with Crippen molar-refractivity contribution < 1.29 is 29.5 Å². The van der Waals surface area contributed by atoms with Gasteiger partial charge in [0.2, 0.25) is 11.5 Å². The molecular formula is C12H12BrN3O6S. The fraction of sp³-hybridized carbons (Fsp3) is 0.417. The van der Waals surface area contributed by atoms with Crippen molar-refractivity contribution in [2.24, 2.45) is 5.16 Å². The first-order valence-electron chi connectivity index (χ1n) is 6.33. The average Bonchev–Trinajstić information content (AvgIpc) is 2.52. The zero-order valence-electron chi connectivity index (χ0n) is 11.8. The van der Waals surface area contributed by atoms with E-state index in [-0.39, 0.29) is 11.0 Å². The summed E-state index contributed by atoms with van der Waals surface area (Å²) in [6.45, 7) is 1.62. The van der Waals surface area contributed by atoms with Gasteiger partial charge in [-0.2, -0.15) is 0 Å². The van der Waals surface area contributed by atoms with Gasteiger partial charge in [-0.25, -0.2) is 4.79 Å². The Kier molecular flexibility index (Phi) is 5.09. The molecule has 2 aliphatic rings. The number of aliphatic carboxylic acids is 1. The van der Waals surface area contributed by atoms with Crippen LogP contribution in [0.25, 0.3) is 0 Å². The number of hydrogen-bond donors (Lipinski definition) is 3. The van der Waals surface area contributed by atoms with E-state index in [2.05, 4.69) is 26.4 Å². The Hall–Kier alpha value is -1.88. The first-order valence-corrected chi connectivity index (χ1v) is 8.50.